The summed E-state index contributed by atoms with van der Waals surface area (Å²) in [6.45, 7) is 0. The third kappa shape index (κ3) is 4.34. The smallest absolute Gasteiger partial charge is 0.257 e. The van der Waals surface area contributed by atoms with Crippen molar-refractivity contribution in [1.82, 2.24) is 10.4 Å². The van der Waals surface area contributed by atoms with Crippen molar-refractivity contribution in [2.45, 2.75) is 5.22 Å². The Morgan fingerprint density at radius 3 is 2.83 bits per heavy atom. The summed E-state index contributed by atoms with van der Waals surface area (Å²) < 4.78 is 5.52. The van der Waals surface area contributed by atoms with E-state index >= 15 is 0 Å². The van der Waals surface area contributed by atoms with Crippen LogP contribution in [0.15, 0.2) is 63.3 Å². The first kappa shape index (κ1) is 15.6. The van der Waals surface area contributed by atoms with Gasteiger partial charge in [0.1, 0.15) is 5.52 Å². The number of amides is 1. The Labute approximate surface area is 141 Å². The van der Waals surface area contributed by atoms with Crippen LogP contribution in [0.4, 0.5) is 0 Å². The molecule has 0 radical (unpaired) electrons. The predicted octanol–water partition coefficient (Wildman–Crippen LogP) is 3.72. The van der Waals surface area contributed by atoms with Crippen molar-refractivity contribution in [1.29, 1.82) is 0 Å². The number of halogens is 1. The lowest BCUT2D eigenvalue weighted by Gasteiger charge is -1.97. The summed E-state index contributed by atoms with van der Waals surface area (Å²) in [7, 11) is 0. The van der Waals surface area contributed by atoms with Crippen LogP contribution in [0.25, 0.3) is 11.1 Å². The molecule has 1 heterocycles. The van der Waals surface area contributed by atoms with Crippen LogP contribution in [0.2, 0.25) is 5.02 Å². The molecule has 5 nitrogen and oxygen atoms in total. The zero-order chi connectivity index (χ0) is 16.1. The minimum atomic E-state index is -0.234. The first-order valence-corrected chi connectivity index (χ1v) is 8.13. The van der Waals surface area contributed by atoms with Crippen LogP contribution in [-0.2, 0) is 4.79 Å². The number of hydrazone groups is 1. The maximum atomic E-state index is 11.7. The lowest BCUT2D eigenvalue weighted by Crippen LogP contribution is -2.19. The van der Waals surface area contributed by atoms with E-state index in [4.69, 9.17) is 16.0 Å². The topological polar surface area (TPSA) is 67.5 Å². The van der Waals surface area contributed by atoms with E-state index in [0.29, 0.717) is 15.8 Å². The molecule has 0 saturated heterocycles. The highest BCUT2D eigenvalue weighted by molar-refractivity contribution is 7.99. The fourth-order valence-electron chi connectivity index (χ4n) is 1.80. The Morgan fingerprint density at radius 1 is 1.26 bits per heavy atom. The highest BCUT2D eigenvalue weighted by Gasteiger charge is 2.08. The molecule has 1 N–H and O–H groups in total. The van der Waals surface area contributed by atoms with Crippen molar-refractivity contribution in [3.8, 4) is 0 Å². The number of benzene rings is 2. The van der Waals surface area contributed by atoms with Gasteiger partial charge >= 0.3 is 0 Å². The van der Waals surface area contributed by atoms with Crippen molar-refractivity contribution < 1.29 is 9.21 Å². The summed E-state index contributed by atoms with van der Waals surface area (Å²) in [4.78, 5) is 16.0. The number of hydrogen-bond donors (Lipinski definition) is 1. The van der Waals surface area contributed by atoms with Crippen molar-refractivity contribution in [2.24, 2.45) is 5.10 Å². The predicted molar refractivity (Wildman–Crippen MR) is 91.9 cm³/mol. The van der Waals surface area contributed by atoms with Crippen molar-refractivity contribution in [3.63, 3.8) is 0 Å². The van der Waals surface area contributed by atoms with Crippen molar-refractivity contribution in [3.05, 3.63) is 59.1 Å². The van der Waals surface area contributed by atoms with Gasteiger partial charge in [0.2, 0.25) is 0 Å². The maximum absolute atomic E-state index is 11.7. The molecular weight excluding hydrogens is 334 g/mol. The van der Waals surface area contributed by atoms with E-state index in [1.807, 2.05) is 36.4 Å². The second-order valence-corrected chi connectivity index (χ2v) is 5.94. The fraction of sp³-hybridized carbons (Fsp3) is 0.0625. The number of hydrogen-bond acceptors (Lipinski definition) is 5. The summed E-state index contributed by atoms with van der Waals surface area (Å²) in [6, 6.07) is 14.6. The van der Waals surface area contributed by atoms with Crippen molar-refractivity contribution in [2.75, 3.05) is 5.75 Å². The number of rotatable bonds is 5. The number of oxazole rings is 1. The van der Waals surface area contributed by atoms with Gasteiger partial charge in [0.05, 0.1) is 12.0 Å². The van der Waals surface area contributed by atoms with E-state index in [2.05, 4.69) is 15.5 Å². The highest BCUT2D eigenvalue weighted by Crippen LogP contribution is 2.22. The molecule has 0 bridgehead atoms. The minimum absolute atomic E-state index is 0.171. The SMILES string of the molecule is O=C(CSc1nc2ccccc2o1)N/N=C\c1ccc(Cl)cc1. The number of carbonyl (C=O) groups excluding carboxylic acids is 1. The largest absolute Gasteiger partial charge is 0.431 e. The molecule has 0 spiro atoms. The lowest BCUT2D eigenvalue weighted by atomic mass is 10.2. The summed E-state index contributed by atoms with van der Waals surface area (Å²) >= 11 is 7.01. The number of thioether (sulfide) groups is 1. The molecule has 116 valence electrons. The Morgan fingerprint density at radius 2 is 2.04 bits per heavy atom. The summed E-state index contributed by atoms with van der Waals surface area (Å²) in [5.41, 5.74) is 4.78. The first-order valence-electron chi connectivity index (χ1n) is 6.76. The molecule has 0 atom stereocenters. The van der Waals surface area contributed by atoms with Gasteiger partial charge in [0, 0.05) is 5.02 Å². The molecule has 0 aliphatic carbocycles. The summed E-state index contributed by atoms with van der Waals surface area (Å²) in [5, 5.41) is 5.01. The van der Waals surface area contributed by atoms with E-state index in [1.54, 1.807) is 18.3 Å². The van der Waals surface area contributed by atoms with Gasteiger partial charge in [0.25, 0.3) is 11.1 Å². The molecule has 1 amide bonds. The van der Waals surface area contributed by atoms with Gasteiger partial charge in [-0.3, -0.25) is 4.79 Å². The van der Waals surface area contributed by atoms with Gasteiger partial charge < -0.3 is 4.42 Å². The van der Waals surface area contributed by atoms with E-state index in [-0.39, 0.29) is 11.7 Å². The Bertz CT molecular complexity index is 813. The third-order valence-electron chi connectivity index (χ3n) is 2.87. The molecule has 0 aliphatic rings. The molecule has 0 unspecified atom stereocenters. The van der Waals surface area contributed by atoms with Crippen LogP contribution >= 0.6 is 23.4 Å². The highest BCUT2D eigenvalue weighted by atomic mass is 35.5. The third-order valence-corrected chi connectivity index (χ3v) is 3.95. The van der Waals surface area contributed by atoms with Gasteiger partial charge in [-0.1, -0.05) is 47.6 Å². The molecule has 0 fully saturated rings. The zero-order valence-corrected chi connectivity index (χ0v) is 13.5. The standard InChI is InChI=1S/C16H12ClN3O2S/c17-12-7-5-11(6-8-12)9-18-20-15(21)10-23-16-19-13-3-1-2-4-14(13)22-16/h1-9H,10H2,(H,20,21)/b18-9-. The molecule has 7 heteroatoms. The van der Waals surface area contributed by atoms with Gasteiger partial charge in [-0.15, -0.1) is 0 Å². The van der Waals surface area contributed by atoms with Crippen LogP contribution in [0.5, 0.6) is 0 Å². The van der Waals surface area contributed by atoms with E-state index in [1.165, 1.54) is 11.8 Å². The van der Waals surface area contributed by atoms with Crippen LogP contribution in [0, 0.1) is 0 Å². The van der Waals surface area contributed by atoms with Gasteiger partial charge in [-0.25, -0.2) is 10.4 Å². The molecule has 0 aliphatic heterocycles. The molecule has 1 aromatic heterocycles. The Kier molecular flexibility index (Phi) is 4.95. The average Bonchev–Trinajstić information content (AvgIpc) is 2.98. The lowest BCUT2D eigenvalue weighted by molar-refractivity contribution is -0.118. The number of carbonyl (C=O) groups is 1. The van der Waals surface area contributed by atoms with Gasteiger partial charge in [0.15, 0.2) is 5.58 Å². The molecular formula is C16H12ClN3O2S. The second-order valence-electron chi connectivity index (χ2n) is 4.58. The minimum Gasteiger partial charge on any atom is -0.431 e. The number of para-hydroxylation sites is 2. The van der Waals surface area contributed by atoms with E-state index in [9.17, 15) is 4.79 Å². The number of nitrogens with zero attached hydrogens (tertiary/aromatic N) is 2. The fourth-order valence-corrected chi connectivity index (χ4v) is 2.56. The average molecular weight is 346 g/mol. The van der Waals surface area contributed by atoms with E-state index < -0.39 is 0 Å². The molecule has 3 aromatic rings. The molecule has 2 aromatic carbocycles. The normalized spacial score (nSPS) is 11.2. The maximum Gasteiger partial charge on any atom is 0.257 e. The van der Waals surface area contributed by atoms with Crippen LogP contribution in [0.1, 0.15) is 5.56 Å². The monoisotopic (exact) mass is 345 g/mol. The summed E-state index contributed by atoms with van der Waals surface area (Å²) in [5.74, 6) is -0.0624. The first-order chi connectivity index (χ1) is 11.2. The van der Waals surface area contributed by atoms with E-state index in [0.717, 1.165) is 11.1 Å². The van der Waals surface area contributed by atoms with Gasteiger partial charge in [-0.2, -0.15) is 5.10 Å². The Hall–Kier alpha value is -2.31. The quantitative estimate of drug-likeness (QED) is 0.434. The second kappa shape index (κ2) is 7.30. The molecule has 0 saturated carbocycles. The van der Waals surface area contributed by atoms with Crippen LogP contribution in [-0.4, -0.2) is 22.9 Å². The van der Waals surface area contributed by atoms with Crippen LogP contribution < -0.4 is 5.43 Å². The Balaban J connectivity index is 1.50. The molecule has 23 heavy (non-hydrogen) atoms. The number of nitrogens with one attached hydrogen (secondary N) is 1. The van der Waals surface area contributed by atoms with Gasteiger partial charge in [-0.05, 0) is 29.8 Å². The zero-order valence-electron chi connectivity index (χ0n) is 11.9. The number of fused-ring (bicyclic) bond motifs is 1. The van der Waals surface area contributed by atoms with Crippen molar-refractivity contribution >= 4 is 46.6 Å². The van der Waals surface area contributed by atoms with Crippen LogP contribution in [0.3, 0.4) is 0 Å². The molecule has 3 rings (SSSR count). The summed E-state index contributed by atoms with van der Waals surface area (Å²) in [6.07, 6.45) is 1.55. The number of aromatic nitrogens is 1.